The highest BCUT2D eigenvalue weighted by atomic mass is 16.5. The van der Waals surface area contributed by atoms with Crippen LogP contribution in [0, 0.1) is 0 Å². The number of anilines is 1. The fourth-order valence-corrected chi connectivity index (χ4v) is 1.58. The van der Waals surface area contributed by atoms with Crippen molar-refractivity contribution in [2.45, 2.75) is 6.54 Å². The van der Waals surface area contributed by atoms with Crippen molar-refractivity contribution in [1.29, 1.82) is 0 Å². The van der Waals surface area contributed by atoms with Gasteiger partial charge in [0.25, 0.3) is 0 Å². The number of esters is 1. The van der Waals surface area contributed by atoms with Gasteiger partial charge in [-0.25, -0.2) is 4.79 Å². The minimum Gasteiger partial charge on any atom is -0.465 e. The maximum atomic E-state index is 11.7. The standard InChI is InChI=1S/C13H13N3O3/c1-19-13(18)10-4-2-5-11(8-10)15-12(17)9-16-7-3-6-14-16/h2-8H,9H2,1H3,(H,15,17). The third kappa shape index (κ3) is 3.41. The molecule has 2 rings (SSSR count). The summed E-state index contributed by atoms with van der Waals surface area (Å²) >= 11 is 0. The maximum Gasteiger partial charge on any atom is 0.337 e. The highest BCUT2D eigenvalue weighted by Crippen LogP contribution is 2.11. The number of rotatable bonds is 4. The van der Waals surface area contributed by atoms with Crippen molar-refractivity contribution in [3.8, 4) is 0 Å². The number of hydrogen-bond donors (Lipinski definition) is 1. The molecule has 1 amide bonds. The van der Waals surface area contributed by atoms with Crippen LogP contribution >= 0.6 is 0 Å². The summed E-state index contributed by atoms with van der Waals surface area (Å²) < 4.78 is 6.13. The predicted octanol–water partition coefficient (Wildman–Crippen LogP) is 1.31. The Kier molecular flexibility index (Phi) is 3.92. The summed E-state index contributed by atoms with van der Waals surface area (Å²) in [5.41, 5.74) is 0.930. The smallest absolute Gasteiger partial charge is 0.337 e. The van der Waals surface area contributed by atoms with Crippen molar-refractivity contribution >= 4 is 17.6 Å². The maximum absolute atomic E-state index is 11.7. The van der Waals surface area contributed by atoms with Gasteiger partial charge in [0, 0.05) is 18.1 Å². The monoisotopic (exact) mass is 259 g/mol. The molecule has 6 heteroatoms. The molecular weight excluding hydrogens is 246 g/mol. The van der Waals surface area contributed by atoms with Crippen molar-refractivity contribution in [3.63, 3.8) is 0 Å². The zero-order chi connectivity index (χ0) is 13.7. The van der Waals surface area contributed by atoms with Gasteiger partial charge in [0.2, 0.25) is 5.91 Å². The van der Waals surface area contributed by atoms with Crippen molar-refractivity contribution in [2.24, 2.45) is 0 Å². The van der Waals surface area contributed by atoms with Crippen LogP contribution < -0.4 is 5.32 Å². The zero-order valence-electron chi connectivity index (χ0n) is 10.4. The largest absolute Gasteiger partial charge is 0.465 e. The SMILES string of the molecule is COC(=O)c1cccc(NC(=O)Cn2cccn2)c1. The Balaban J connectivity index is 2.02. The first-order chi connectivity index (χ1) is 9.19. The highest BCUT2D eigenvalue weighted by molar-refractivity contribution is 5.94. The number of carbonyl (C=O) groups excluding carboxylic acids is 2. The second-order valence-corrected chi connectivity index (χ2v) is 3.82. The van der Waals surface area contributed by atoms with Crippen LogP contribution in [-0.2, 0) is 16.1 Å². The predicted molar refractivity (Wildman–Crippen MR) is 68.6 cm³/mol. The third-order valence-electron chi connectivity index (χ3n) is 2.43. The quantitative estimate of drug-likeness (QED) is 0.840. The number of nitrogens with zero attached hydrogens (tertiary/aromatic N) is 2. The molecule has 1 heterocycles. The number of carbonyl (C=O) groups is 2. The molecule has 0 aliphatic rings. The number of benzene rings is 1. The minimum atomic E-state index is -0.442. The Hall–Kier alpha value is -2.63. The van der Waals surface area contributed by atoms with Gasteiger partial charge in [-0.15, -0.1) is 0 Å². The molecule has 0 saturated heterocycles. The number of ether oxygens (including phenoxy) is 1. The summed E-state index contributed by atoms with van der Waals surface area (Å²) in [6.45, 7) is 0.120. The van der Waals surface area contributed by atoms with Gasteiger partial charge >= 0.3 is 5.97 Å². The summed E-state index contributed by atoms with van der Waals surface area (Å²) in [6, 6.07) is 8.30. The fraction of sp³-hybridized carbons (Fsp3) is 0.154. The van der Waals surface area contributed by atoms with Crippen LogP contribution in [0.2, 0.25) is 0 Å². The minimum absolute atomic E-state index is 0.120. The summed E-state index contributed by atoms with van der Waals surface area (Å²) in [4.78, 5) is 23.1. The third-order valence-corrected chi connectivity index (χ3v) is 2.43. The number of nitrogens with one attached hydrogen (secondary N) is 1. The van der Waals surface area contributed by atoms with Gasteiger partial charge in [0.05, 0.1) is 12.7 Å². The first-order valence-electron chi connectivity index (χ1n) is 5.64. The van der Waals surface area contributed by atoms with Crippen molar-refractivity contribution in [1.82, 2.24) is 9.78 Å². The van der Waals surface area contributed by atoms with Gasteiger partial charge in [0.15, 0.2) is 0 Å². The molecule has 1 aromatic carbocycles. The molecule has 6 nitrogen and oxygen atoms in total. The lowest BCUT2D eigenvalue weighted by Crippen LogP contribution is -2.19. The van der Waals surface area contributed by atoms with Gasteiger partial charge in [-0.2, -0.15) is 5.10 Å². The van der Waals surface area contributed by atoms with E-state index in [0.29, 0.717) is 11.3 Å². The second kappa shape index (κ2) is 5.81. The Bertz CT molecular complexity index is 579. The van der Waals surface area contributed by atoms with E-state index in [0.717, 1.165) is 0 Å². The van der Waals surface area contributed by atoms with E-state index in [1.165, 1.54) is 11.8 Å². The molecule has 0 unspecified atom stereocenters. The van der Waals surface area contributed by atoms with E-state index in [9.17, 15) is 9.59 Å². The van der Waals surface area contributed by atoms with Gasteiger partial charge in [0.1, 0.15) is 6.54 Å². The molecule has 98 valence electrons. The molecule has 1 N–H and O–H groups in total. The Labute approximate surface area is 110 Å². The van der Waals surface area contributed by atoms with E-state index in [2.05, 4.69) is 15.2 Å². The topological polar surface area (TPSA) is 73.2 Å². The van der Waals surface area contributed by atoms with Crippen LogP contribution in [0.4, 0.5) is 5.69 Å². The molecule has 0 spiro atoms. The summed E-state index contributed by atoms with van der Waals surface area (Å²) in [6.07, 6.45) is 3.30. The average Bonchev–Trinajstić information content (AvgIpc) is 2.90. The summed E-state index contributed by atoms with van der Waals surface area (Å²) in [7, 11) is 1.31. The number of methoxy groups -OCH3 is 1. The van der Waals surface area contributed by atoms with E-state index < -0.39 is 5.97 Å². The van der Waals surface area contributed by atoms with Crippen LogP contribution in [-0.4, -0.2) is 28.8 Å². The van der Waals surface area contributed by atoms with Gasteiger partial charge < -0.3 is 10.1 Å². The lowest BCUT2D eigenvalue weighted by Gasteiger charge is -2.06. The second-order valence-electron chi connectivity index (χ2n) is 3.82. The van der Waals surface area contributed by atoms with E-state index in [1.54, 1.807) is 42.7 Å². The zero-order valence-corrected chi connectivity index (χ0v) is 10.4. The van der Waals surface area contributed by atoms with E-state index in [1.807, 2.05) is 0 Å². The van der Waals surface area contributed by atoms with Crippen LogP contribution in [0.5, 0.6) is 0 Å². The Morgan fingerprint density at radius 2 is 2.21 bits per heavy atom. The van der Waals surface area contributed by atoms with Crippen molar-refractivity contribution in [2.75, 3.05) is 12.4 Å². The van der Waals surface area contributed by atoms with E-state index in [4.69, 9.17) is 0 Å². The Morgan fingerprint density at radius 3 is 2.89 bits per heavy atom. The lowest BCUT2D eigenvalue weighted by molar-refractivity contribution is -0.116. The van der Waals surface area contributed by atoms with Crippen LogP contribution in [0.1, 0.15) is 10.4 Å². The van der Waals surface area contributed by atoms with Gasteiger partial charge in [-0.3, -0.25) is 9.48 Å². The molecule has 0 aliphatic heterocycles. The summed E-state index contributed by atoms with van der Waals surface area (Å²) in [5.74, 6) is -0.658. The molecule has 0 atom stereocenters. The molecule has 0 aliphatic carbocycles. The molecule has 0 saturated carbocycles. The van der Waals surface area contributed by atoms with Crippen molar-refractivity contribution < 1.29 is 14.3 Å². The Morgan fingerprint density at radius 1 is 1.37 bits per heavy atom. The fourth-order valence-electron chi connectivity index (χ4n) is 1.58. The molecule has 0 radical (unpaired) electrons. The molecule has 0 fully saturated rings. The van der Waals surface area contributed by atoms with Gasteiger partial charge in [-0.1, -0.05) is 6.07 Å². The number of amides is 1. The normalized spacial score (nSPS) is 9.95. The van der Waals surface area contributed by atoms with Crippen LogP contribution in [0.25, 0.3) is 0 Å². The first kappa shape index (κ1) is 12.8. The van der Waals surface area contributed by atoms with E-state index in [-0.39, 0.29) is 12.5 Å². The molecular formula is C13H13N3O3. The van der Waals surface area contributed by atoms with Crippen LogP contribution in [0.15, 0.2) is 42.7 Å². The van der Waals surface area contributed by atoms with Crippen molar-refractivity contribution in [3.05, 3.63) is 48.3 Å². The number of aromatic nitrogens is 2. The molecule has 0 bridgehead atoms. The van der Waals surface area contributed by atoms with Gasteiger partial charge in [-0.05, 0) is 24.3 Å². The lowest BCUT2D eigenvalue weighted by atomic mass is 10.2. The van der Waals surface area contributed by atoms with Crippen LogP contribution in [0.3, 0.4) is 0 Å². The molecule has 2 aromatic rings. The first-order valence-corrected chi connectivity index (χ1v) is 5.64. The summed E-state index contributed by atoms with van der Waals surface area (Å²) in [5, 5.41) is 6.63. The highest BCUT2D eigenvalue weighted by Gasteiger charge is 2.08. The number of hydrogen-bond acceptors (Lipinski definition) is 4. The van der Waals surface area contributed by atoms with E-state index >= 15 is 0 Å². The molecule has 19 heavy (non-hydrogen) atoms. The molecule has 1 aromatic heterocycles. The average molecular weight is 259 g/mol.